The molecule has 4 heteroatoms. The average Bonchev–Trinajstić information content (AvgIpc) is 2.38. The SMILES string of the molecule is CN(C)c1ncccc1NCc1ccccc1N. The first-order chi connectivity index (χ1) is 8.68. The van der Waals surface area contributed by atoms with Gasteiger partial charge in [0, 0.05) is 32.5 Å². The van der Waals surface area contributed by atoms with Crippen LogP contribution in [0.15, 0.2) is 42.6 Å². The van der Waals surface area contributed by atoms with Gasteiger partial charge in [-0.15, -0.1) is 0 Å². The third kappa shape index (κ3) is 2.71. The van der Waals surface area contributed by atoms with Crippen molar-refractivity contribution in [3.63, 3.8) is 0 Å². The Morgan fingerprint density at radius 2 is 1.94 bits per heavy atom. The highest BCUT2D eigenvalue weighted by Gasteiger charge is 2.05. The number of aromatic nitrogens is 1. The second kappa shape index (κ2) is 5.40. The lowest BCUT2D eigenvalue weighted by atomic mass is 10.2. The maximum absolute atomic E-state index is 5.92. The van der Waals surface area contributed by atoms with Gasteiger partial charge in [-0.3, -0.25) is 0 Å². The smallest absolute Gasteiger partial charge is 0.151 e. The molecule has 0 atom stereocenters. The van der Waals surface area contributed by atoms with E-state index in [-0.39, 0.29) is 0 Å². The Labute approximate surface area is 107 Å². The van der Waals surface area contributed by atoms with Crippen LogP contribution in [0, 0.1) is 0 Å². The second-order valence-electron chi connectivity index (χ2n) is 4.32. The Morgan fingerprint density at radius 1 is 1.17 bits per heavy atom. The van der Waals surface area contributed by atoms with Gasteiger partial charge < -0.3 is 16.0 Å². The van der Waals surface area contributed by atoms with E-state index in [2.05, 4.69) is 10.3 Å². The summed E-state index contributed by atoms with van der Waals surface area (Å²) in [5.41, 5.74) is 8.82. The minimum Gasteiger partial charge on any atom is -0.398 e. The van der Waals surface area contributed by atoms with E-state index in [4.69, 9.17) is 5.73 Å². The van der Waals surface area contributed by atoms with Gasteiger partial charge >= 0.3 is 0 Å². The highest BCUT2D eigenvalue weighted by molar-refractivity contribution is 5.65. The summed E-state index contributed by atoms with van der Waals surface area (Å²) in [6, 6.07) is 11.8. The highest BCUT2D eigenvalue weighted by atomic mass is 15.2. The van der Waals surface area contributed by atoms with E-state index >= 15 is 0 Å². The van der Waals surface area contributed by atoms with Crippen LogP contribution in [0.4, 0.5) is 17.2 Å². The maximum Gasteiger partial charge on any atom is 0.151 e. The average molecular weight is 242 g/mol. The first-order valence-corrected chi connectivity index (χ1v) is 5.88. The standard InChI is InChI=1S/C14H18N4/c1-18(2)14-13(8-5-9-16-14)17-10-11-6-3-4-7-12(11)15/h3-9,17H,10,15H2,1-2H3. The van der Waals surface area contributed by atoms with E-state index < -0.39 is 0 Å². The van der Waals surface area contributed by atoms with Crippen molar-refractivity contribution in [3.8, 4) is 0 Å². The van der Waals surface area contributed by atoms with Crippen molar-refractivity contribution in [2.24, 2.45) is 0 Å². The maximum atomic E-state index is 5.92. The lowest BCUT2D eigenvalue weighted by molar-refractivity contribution is 1.05. The predicted molar refractivity (Wildman–Crippen MR) is 76.7 cm³/mol. The molecule has 0 unspecified atom stereocenters. The van der Waals surface area contributed by atoms with Gasteiger partial charge in [0.05, 0.1) is 5.69 Å². The molecule has 3 N–H and O–H groups in total. The van der Waals surface area contributed by atoms with Crippen LogP contribution < -0.4 is 16.0 Å². The van der Waals surface area contributed by atoms with Crippen molar-refractivity contribution in [1.82, 2.24) is 4.98 Å². The van der Waals surface area contributed by atoms with Crippen LogP contribution in [0.2, 0.25) is 0 Å². The number of benzene rings is 1. The first-order valence-electron chi connectivity index (χ1n) is 5.88. The molecule has 1 aromatic heterocycles. The number of nitrogens with two attached hydrogens (primary N) is 1. The van der Waals surface area contributed by atoms with Crippen molar-refractivity contribution in [2.45, 2.75) is 6.54 Å². The second-order valence-corrected chi connectivity index (χ2v) is 4.32. The van der Waals surface area contributed by atoms with Crippen LogP contribution in [0.1, 0.15) is 5.56 Å². The number of anilines is 3. The Kier molecular flexibility index (Phi) is 3.67. The van der Waals surface area contributed by atoms with E-state index in [1.807, 2.05) is 55.4 Å². The van der Waals surface area contributed by atoms with Gasteiger partial charge in [0.2, 0.25) is 0 Å². The van der Waals surface area contributed by atoms with Crippen LogP contribution in [0.25, 0.3) is 0 Å². The predicted octanol–water partition coefficient (Wildman–Crippen LogP) is 2.34. The van der Waals surface area contributed by atoms with E-state index in [1.54, 1.807) is 6.20 Å². The molecule has 94 valence electrons. The fraction of sp³-hybridized carbons (Fsp3) is 0.214. The van der Waals surface area contributed by atoms with Crippen LogP contribution in [-0.4, -0.2) is 19.1 Å². The van der Waals surface area contributed by atoms with Crippen LogP contribution >= 0.6 is 0 Å². The number of rotatable bonds is 4. The molecule has 1 aromatic carbocycles. The van der Waals surface area contributed by atoms with Gasteiger partial charge in [-0.25, -0.2) is 4.98 Å². The van der Waals surface area contributed by atoms with Gasteiger partial charge in [0.1, 0.15) is 0 Å². The molecule has 4 nitrogen and oxygen atoms in total. The third-order valence-corrected chi connectivity index (χ3v) is 2.73. The minimum absolute atomic E-state index is 0.694. The lowest BCUT2D eigenvalue weighted by Gasteiger charge is -2.17. The summed E-state index contributed by atoms with van der Waals surface area (Å²) in [5.74, 6) is 0.923. The summed E-state index contributed by atoms with van der Waals surface area (Å²) < 4.78 is 0. The van der Waals surface area contributed by atoms with Crippen molar-refractivity contribution >= 4 is 17.2 Å². The Hall–Kier alpha value is -2.23. The molecule has 0 fully saturated rings. The molecule has 0 radical (unpaired) electrons. The Bertz CT molecular complexity index is 523. The summed E-state index contributed by atoms with van der Waals surface area (Å²) >= 11 is 0. The Balaban J connectivity index is 2.14. The molecule has 2 rings (SSSR count). The fourth-order valence-electron chi connectivity index (χ4n) is 1.78. The highest BCUT2D eigenvalue weighted by Crippen LogP contribution is 2.22. The molecule has 1 heterocycles. The Morgan fingerprint density at radius 3 is 2.67 bits per heavy atom. The molecule has 0 aliphatic heterocycles. The van der Waals surface area contributed by atoms with Gasteiger partial charge in [-0.05, 0) is 23.8 Å². The van der Waals surface area contributed by atoms with E-state index in [0.29, 0.717) is 6.54 Å². The number of nitrogens with one attached hydrogen (secondary N) is 1. The van der Waals surface area contributed by atoms with E-state index in [0.717, 1.165) is 22.8 Å². The monoisotopic (exact) mass is 242 g/mol. The molecular weight excluding hydrogens is 224 g/mol. The van der Waals surface area contributed by atoms with Gasteiger partial charge in [-0.1, -0.05) is 18.2 Å². The zero-order valence-corrected chi connectivity index (χ0v) is 10.7. The van der Waals surface area contributed by atoms with Crippen molar-refractivity contribution < 1.29 is 0 Å². The zero-order valence-electron chi connectivity index (χ0n) is 10.7. The quantitative estimate of drug-likeness (QED) is 0.808. The first kappa shape index (κ1) is 12.2. The molecule has 0 saturated heterocycles. The number of hydrogen-bond donors (Lipinski definition) is 2. The van der Waals surface area contributed by atoms with E-state index in [9.17, 15) is 0 Å². The number of pyridine rings is 1. The molecule has 0 aliphatic carbocycles. The summed E-state index contributed by atoms with van der Waals surface area (Å²) in [4.78, 5) is 6.33. The van der Waals surface area contributed by atoms with E-state index in [1.165, 1.54) is 0 Å². The largest absolute Gasteiger partial charge is 0.398 e. The van der Waals surface area contributed by atoms with Crippen LogP contribution in [0.3, 0.4) is 0 Å². The van der Waals surface area contributed by atoms with Crippen molar-refractivity contribution in [2.75, 3.05) is 30.0 Å². The van der Waals surface area contributed by atoms with Gasteiger partial charge in [0.25, 0.3) is 0 Å². The molecule has 2 aromatic rings. The summed E-state index contributed by atoms with van der Waals surface area (Å²) in [5, 5.41) is 3.37. The summed E-state index contributed by atoms with van der Waals surface area (Å²) in [6.45, 7) is 0.694. The van der Waals surface area contributed by atoms with Crippen molar-refractivity contribution in [1.29, 1.82) is 0 Å². The topological polar surface area (TPSA) is 54.2 Å². The summed E-state index contributed by atoms with van der Waals surface area (Å²) in [6.07, 6.45) is 1.79. The van der Waals surface area contributed by atoms with Crippen molar-refractivity contribution in [3.05, 3.63) is 48.2 Å². The number of nitrogens with zero attached hydrogens (tertiary/aromatic N) is 2. The van der Waals surface area contributed by atoms with Gasteiger partial charge in [0.15, 0.2) is 5.82 Å². The normalized spacial score (nSPS) is 10.1. The molecule has 0 saturated carbocycles. The fourth-order valence-corrected chi connectivity index (χ4v) is 1.78. The van der Waals surface area contributed by atoms with Crippen LogP contribution in [0.5, 0.6) is 0 Å². The molecular formula is C14H18N4. The van der Waals surface area contributed by atoms with Crippen LogP contribution in [-0.2, 0) is 6.54 Å². The lowest BCUT2D eigenvalue weighted by Crippen LogP contribution is -2.14. The molecule has 0 spiro atoms. The molecule has 18 heavy (non-hydrogen) atoms. The van der Waals surface area contributed by atoms with Gasteiger partial charge in [-0.2, -0.15) is 0 Å². The number of para-hydroxylation sites is 1. The summed E-state index contributed by atoms with van der Waals surface area (Å²) in [7, 11) is 3.95. The minimum atomic E-state index is 0.694. The molecule has 0 amide bonds. The number of hydrogen-bond acceptors (Lipinski definition) is 4. The zero-order chi connectivity index (χ0) is 13.0. The molecule has 0 bridgehead atoms. The third-order valence-electron chi connectivity index (χ3n) is 2.73. The molecule has 0 aliphatic rings. The number of nitrogen functional groups attached to an aromatic ring is 1.